The minimum Gasteiger partial charge on any atom is -0.507 e. The summed E-state index contributed by atoms with van der Waals surface area (Å²) in [6.45, 7) is 0.0824. The van der Waals surface area contributed by atoms with Crippen molar-refractivity contribution in [3.8, 4) is 0 Å². The maximum absolute atomic E-state index is 12.9. The number of benzene rings is 2. The summed E-state index contributed by atoms with van der Waals surface area (Å²) in [6, 6.07) is 18.2. The summed E-state index contributed by atoms with van der Waals surface area (Å²) in [5, 5.41) is 11.3. The Morgan fingerprint density at radius 2 is 1.71 bits per heavy atom. The number of hydrogen-bond acceptors (Lipinski definition) is 4. The van der Waals surface area contributed by atoms with Gasteiger partial charge in [0.15, 0.2) is 0 Å². The number of rotatable bonds is 4. The number of amides is 1. The van der Waals surface area contributed by atoms with Crippen molar-refractivity contribution < 1.29 is 19.1 Å². The fourth-order valence-corrected chi connectivity index (χ4v) is 3.62. The molecule has 0 aliphatic carbocycles. The van der Waals surface area contributed by atoms with E-state index in [1.807, 2.05) is 0 Å². The number of aliphatic hydroxyl groups excluding tert-OH is 1. The van der Waals surface area contributed by atoms with E-state index in [-0.39, 0.29) is 17.9 Å². The third-order valence-electron chi connectivity index (χ3n) is 4.69. The monoisotopic (exact) mass is 393 g/mol. The van der Waals surface area contributed by atoms with Crippen LogP contribution in [0.1, 0.15) is 22.9 Å². The van der Waals surface area contributed by atoms with E-state index in [1.54, 1.807) is 66.7 Å². The molecule has 1 aromatic heterocycles. The highest BCUT2D eigenvalue weighted by atomic mass is 35.5. The third kappa shape index (κ3) is 3.10. The van der Waals surface area contributed by atoms with Crippen LogP contribution in [0.25, 0.3) is 5.76 Å². The van der Waals surface area contributed by atoms with Crippen LogP contribution >= 0.6 is 11.6 Å². The molecule has 1 fully saturated rings. The van der Waals surface area contributed by atoms with E-state index < -0.39 is 17.7 Å². The Hall–Kier alpha value is -3.31. The zero-order valence-electron chi connectivity index (χ0n) is 14.7. The topological polar surface area (TPSA) is 70.8 Å². The van der Waals surface area contributed by atoms with Gasteiger partial charge in [0, 0.05) is 10.6 Å². The molecule has 4 rings (SSSR count). The van der Waals surface area contributed by atoms with Gasteiger partial charge in [0.05, 0.1) is 24.4 Å². The highest BCUT2D eigenvalue weighted by Crippen LogP contribution is 2.42. The van der Waals surface area contributed by atoms with Gasteiger partial charge in [-0.1, -0.05) is 60.1 Å². The second-order valence-electron chi connectivity index (χ2n) is 6.39. The molecule has 6 heteroatoms. The Balaban J connectivity index is 1.90. The van der Waals surface area contributed by atoms with E-state index >= 15 is 0 Å². The average Bonchev–Trinajstić information content (AvgIpc) is 3.31. The fourth-order valence-electron chi connectivity index (χ4n) is 3.39. The minimum absolute atomic E-state index is 0.0101. The maximum Gasteiger partial charge on any atom is 0.296 e. The molecule has 2 aromatic carbocycles. The second kappa shape index (κ2) is 7.37. The van der Waals surface area contributed by atoms with E-state index in [0.717, 1.165) is 0 Å². The Bertz CT molecular complexity index is 1060. The standard InChI is InChI=1S/C22H16ClNO4/c23-17-11-5-4-10-16(17)19-18(20(25)14-7-2-1-3-8-14)21(26)22(27)24(19)13-15-9-6-12-28-15/h1-12,19,25H,13H2/t19-/m1/s1. The van der Waals surface area contributed by atoms with Gasteiger partial charge in [0.2, 0.25) is 0 Å². The molecule has 0 radical (unpaired) electrons. The van der Waals surface area contributed by atoms with Crippen molar-refractivity contribution >= 4 is 29.1 Å². The van der Waals surface area contributed by atoms with E-state index in [2.05, 4.69) is 0 Å². The summed E-state index contributed by atoms with van der Waals surface area (Å²) in [4.78, 5) is 27.1. The van der Waals surface area contributed by atoms with Gasteiger partial charge in [-0.3, -0.25) is 9.59 Å². The first-order valence-electron chi connectivity index (χ1n) is 8.68. The zero-order valence-corrected chi connectivity index (χ0v) is 15.5. The molecule has 2 heterocycles. The lowest BCUT2D eigenvalue weighted by Crippen LogP contribution is -2.29. The smallest absolute Gasteiger partial charge is 0.296 e. The summed E-state index contributed by atoms with van der Waals surface area (Å²) in [7, 11) is 0. The predicted molar refractivity (Wildman–Crippen MR) is 104 cm³/mol. The molecule has 1 N–H and O–H groups in total. The van der Waals surface area contributed by atoms with Gasteiger partial charge in [-0.25, -0.2) is 0 Å². The lowest BCUT2D eigenvalue weighted by Gasteiger charge is -2.25. The first-order valence-corrected chi connectivity index (χ1v) is 9.06. The van der Waals surface area contributed by atoms with Gasteiger partial charge in [-0.15, -0.1) is 0 Å². The molecule has 0 spiro atoms. The molecule has 0 bridgehead atoms. The molecule has 0 saturated carbocycles. The van der Waals surface area contributed by atoms with Gasteiger partial charge < -0.3 is 14.4 Å². The van der Waals surface area contributed by atoms with Crippen LogP contribution in [0, 0.1) is 0 Å². The van der Waals surface area contributed by atoms with E-state index in [0.29, 0.717) is 21.9 Å². The summed E-state index contributed by atoms with van der Waals surface area (Å²) in [6.07, 6.45) is 1.50. The van der Waals surface area contributed by atoms with E-state index in [1.165, 1.54) is 11.2 Å². The molecule has 1 atom stereocenters. The molecular formula is C22H16ClNO4. The summed E-state index contributed by atoms with van der Waals surface area (Å²) in [5.41, 5.74) is 1.03. The quantitative estimate of drug-likeness (QED) is 0.401. The third-order valence-corrected chi connectivity index (χ3v) is 5.04. The Kier molecular flexibility index (Phi) is 4.75. The first-order chi connectivity index (χ1) is 13.6. The summed E-state index contributed by atoms with van der Waals surface area (Å²) in [5.74, 6) is -1.17. The normalized spacial score (nSPS) is 18.6. The maximum atomic E-state index is 12.9. The first kappa shape index (κ1) is 18.1. The van der Waals surface area contributed by atoms with Crippen molar-refractivity contribution in [2.45, 2.75) is 12.6 Å². The summed E-state index contributed by atoms with van der Waals surface area (Å²) >= 11 is 6.39. The molecule has 0 unspecified atom stereocenters. The van der Waals surface area contributed by atoms with Crippen molar-refractivity contribution in [1.29, 1.82) is 0 Å². The van der Waals surface area contributed by atoms with Crippen LogP contribution in [-0.2, 0) is 16.1 Å². The number of carbonyl (C=O) groups is 2. The Labute approximate surface area is 166 Å². The number of ketones is 1. The Morgan fingerprint density at radius 3 is 2.39 bits per heavy atom. The number of carbonyl (C=O) groups excluding carboxylic acids is 2. The number of halogens is 1. The van der Waals surface area contributed by atoms with Crippen LogP contribution in [0.4, 0.5) is 0 Å². The lowest BCUT2D eigenvalue weighted by molar-refractivity contribution is -0.140. The molecule has 5 nitrogen and oxygen atoms in total. The Morgan fingerprint density at radius 1 is 1.00 bits per heavy atom. The second-order valence-corrected chi connectivity index (χ2v) is 6.80. The molecule has 3 aromatic rings. The van der Waals surface area contributed by atoms with Crippen molar-refractivity contribution in [2.75, 3.05) is 0 Å². The van der Waals surface area contributed by atoms with Crippen LogP contribution in [0.15, 0.2) is 83.0 Å². The highest BCUT2D eigenvalue weighted by Gasteiger charge is 2.46. The number of nitrogens with zero attached hydrogens (tertiary/aromatic N) is 1. The van der Waals surface area contributed by atoms with Gasteiger partial charge in [0.1, 0.15) is 11.5 Å². The SMILES string of the molecule is O=C1C(=O)N(Cc2ccco2)[C@H](c2ccccc2Cl)C1=C(O)c1ccccc1. The summed E-state index contributed by atoms with van der Waals surface area (Å²) < 4.78 is 5.36. The van der Waals surface area contributed by atoms with Gasteiger partial charge in [-0.2, -0.15) is 0 Å². The molecule has 1 saturated heterocycles. The average molecular weight is 394 g/mol. The number of furan rings is 1. The lowest BCUT2D eigenvalue weighted by atomic mass is 9.95. The predicted octanol–water partition coefficient (Wildman–Crippen LogP) is 4.55. The fraction of sp³-hybridized carbons (Fsp3) is 0.0909. The number of Topliss-reactive ketones (excluding diaryl/α,β-unsaturated/α-hetero) is 1. The highest BCUT2D eigenvalue weighted by molar-refractivity contribution is 6.46. The van der Waals surface area contributed by atoms with Gasteiger partial charge in [-0.05, 0) is 23.8 Å². The van der Waals surface area contributed by atoms with E-state index in [4.69, 9.17) is 16.0 Å². The largest absolute Gasteiger partial charge is 0.507 e. The van der Waals surface area contributed by atoms with Crippen molar-refractivity contribution in [3.63, 3.8) is 0 Å². The van der Waals surface area contributed by atoms with Crippen molar-refractivity contribution in [2.24, 2.45) is 0 Å². The van der Waals surface area contributed by atoms with Crippen LogP contribution in [-0.4, -0.2) is 21.7 Å². The molecular weight excluding hydrogens is 378 g/mol. The van der Waals surface area contributed by atoms with Gasteiger partial charge in [0.25, 0.3) is 11.7 Å². The van der Waals surface area contributed by atoms with Crippen LogP contribution in [0.2, 0.25) is 5.02 Å². The molecule has 28 heavy (non-hydrogen) atoms. The van der Waals surface area contributed by atoms with E-state index in [9.17, 15) is 14.7 Å². The number of hydrogen-bond donors (Lipinski definition) is 1. The van der Waals surface area contributed by atoms with Crippen molar-refractivity contribution in [1.82, 2.24) is 4.90 Å². The van der Waals surface area contributed by atoms with Crippen molar-refractivity contribution in [3.05, 3.63) is 100 Å². The minimum atomic E-state index is -0.820. The molecule has 1 aliphatic rings. The zero-order chi connectivity index (χ0) is 19.7. The van der Waals surface area contributed by atoms with Crippen LogP contribution < -0.4 is 0 Å². The molecule has 1 aliphatic heterocycles. The van der Waals surface area contributed by atoms with Gasteiger partial charge >= 0.3 is 0 Å². The van der Waals surface area contributed by atoms with Crippen LogP contribution in [0.3, 0.4) is 0 Å². The molecule has 140 valence electrons. The number of likely N-dealkylation sites (tertiary alicyclic amines) is 1. The van der Waals surface area contributed by atoms with Crippen LogP contribution in [0.5, 0.6) is 0 Å². The number of aliphatic hydroxyl groups is 1. The molecule has 1 amide bonds.